The van der Waals surface area contributed by atoms with E-state index < -0.39 is 0 Å². The number of allylic oxidation sites excluding steroid dienone is 5. The molecule has 1 N–H and O–H groups in total. The van der Waals surface area contributed by atoms with Crippen LogP contribution in [0.1, 0.15) is 52.4 Å². The summed E-state index contributed by atoms with van der Waals surface area (Å²) in [6, 6.07) is 0. The SMILES string of the molecule is CN1CCN(NC2=C[C@@H]3CC[C@H]4C5=CC=C(C6=CC(=O)OC6)[C@@]5(C)CC[C@H]4[C@]3(C)CC2)CC1. The van der Waals surface area contributed by atoms with Gasteiger partial charge in [0.15, 0.2) is 0 Å². The van der Waals surface area contributed by atoms with Crippen molar-refractivity contribution >= 4 is 5.97 Å². The molecule has 2 saturated carbocycles. The minimum absolute atomic E-state index is 0.0861. The summed E-state index contributed by atoms with van der Waals surface area (Å²) in [6.07, 6.45) is 16.6. The number of nitrogens with one attached hydrogen (secondary N) is 1. The number of carbonyl (C=O) groups is 1. The van der Waals surface area contributed by atoms with Crippen LogP contribution >= 0.6 is 0 Å². The van der Waals surface area contributed by atoms with Crippen molar-refractivity contribution in [3.05, 3.63) is 46.7 Å². The van der Waals surface area contributed by atoms with Crippen LogP contribution in [0.15, 0.2) is 46.7 Å². The largest absolute Gasteiger partial charge is 0.458 e. The highest BCUT2D eigenvalue weighted by molar-refractivity contribution is 5.87. The number of cyclic esters (lactones) is 1. The van der Waals surface area contributed by atoms with Crippen molar-refractivity contribution in [1.29, 1.82) is 0 Å². The molecule has 0 amide bonds. The Morgan fingerprint density at radius 2 is 1.88 bits per heavy atom. The van der Waals surface area contributed by atoms with Gasteiger partial charge in [-0.1, -0.05) is 37.6 Å². The Hall–Kier alpha value is -1.85. The van der Waals surface area contributed by atoms with E-state index in [0.717, 1.165) is 37.7 Å². The molecule has 4 aliphatic carbocycles. The maximum Gasteiger partial charge on any atom is 0.331 e. The molecule has 6 aliphatic rings. The fourth-order valence-corrected chi connectivity index (χ4v) is 8.06. The molecule has 0 unspecified atom stereocenters. The van der Waals surface area contributed by atoms with Crippen LogP contribution in [0.3, 0.4) is 0 Å². The van der Waals surface area contributed by atoms with Crippen molar-refractivity contribution in [3.63, 3.8) is 0 Å². The van der Waals surface area contributed by atoms with Crippen LogP contribution in [-0.4, -0.2) is 55.7 Å². The van der Waals surface area contributed by atoms with Crippen LogP contribution in [0.2, 0.25) is 0 Å². The molecule has 178 valence electrons. The van der Waals surface area contributed by atoms with Gasteiger partial charge in [-0.05, 0) is 74.3 Å². The zero-order chi connectivity index (χ0) is 22.8. The van der Waals surface area contributed by atoms with Crippen molar-refractivity contribution in [1.82, 2.24) is 15.3 Å². The second-order valence-electron chi connectivity index (χ2n) is 11.8. The van der Waals surface area contributed by atoms with Crippen LogP contribution in [0, 0.1) is 28.6 Å². The van der Waals surface area contributed by atoms with E-state index in [1.165, 1.54) is 49.8 Å². The highest BCUT2D eigenvalue weighted by atomic mass is 16.5. The maximum absolute atomic E-state index is 11.7. The summed E-state index contributed by atoms with van der Waals surface area (Å²) < 4.78 is 5.25. The zero-order valence-electron chi connectivity index (χ0n) is 20.5. The first kappa shape index (κ1) is 21.7. The molecule has 2 aliphatic heterocycles. The topological polar surface area (TPSA) is 44.8 Å². The van der Waals surface area contributed by atoms with Gasteiger partial charge in [0.05, 0.1) is 0 Å². The molecule has 3 fully saturated rings. The van der Waals surface area contributed by atoms with Crippen LogP contribution in [0.4, 0.5) is 0 Å². The van der Waals surface area contributed by atoms with Crippen LogP contribution < -0.4 is 5.43 Å². The number of likely N-dealkylation sites (N-methyl/N-ethyl adjacent to an activating group) is 1. The molecular weight excluding hydrogens is 410 g/mol. The molecule has 5 heteroatoms. The van der Waals surface area contributed by atoms with Gasteiger partial charge >= 0.3 is 5.97 Å². The van der Waals surface area contributed by atoms with Gasteiger partial charge < -0.3 is 15.1 Å². The molecule has 0 radical (unpaired) electrons. The molecule has 0 bridgehead atoms. The molecule has 5 atom stereocenters. The third-order valence-electron chi connectivity index (χ3n) is 10.1. The first-order chi connectivity index (χ1) is 15.9. The van der Waals surface area contributed by atoms with Crippen molar-refractivity contribution < 1.29 is 9.53 Å². The van der Waals surface area contributed by atoms with Gasteiger partial charge in [0.1, 0.15) is 6.61 Å². The Bertz CT molecular complexity index is 970. The van der Waals surface area contributed by atoms with E-state index in [-0.39, 0.29) is 11.4 Å². The quantitative estimate of drug-likeness (QED) is 0.654. The molecule has 2 heterocycles. The number of nitrogens with zero attached hydrogens (tertiary/aromatic N) is 2. The summed E-state index contributed by atoms with van der Waals surface area (Å²) in [4.78, 5) is 14.1. The monoisotopic (exact) mass is 449 g/mol. The zero-order valence-corrected chi connectivity index (χ0v) is 20.5. The summed E-state index contributed by atoms with van der Waals surface area (Å²) in [7, 11) is 2.21. The summed E-state index contributed by atoms with van der Waals surface area (Å²) in [6.45, 7) is 9.97. The van der Waals surface area contributed by atoms with E-state index in [0.29, 0.717) is 23.9 Å². The Labute approximate surface area is 198 Å². The van der Waals surface area contributed by atoms with Gasteiger partial charge in [-0.15, -0.1) is 0 Å². The van der Waals surface area contributed by atoms with Gasteiger partial charge in [-0.3, -0.25) is 0 Å². The van der Waals surface area contributed by atoms with E-state index in [1.807, 2.05) is 0 Å². The lowest BCUT2D eigenvalue weighted by Gasteiger charge is -2.58. The smallest absolute Gasteiger partial charge is 0.331 e. The van der Waals surface area contributed by atoms with Gasteiger partial charge in [-0.25, -0.2) is 9.80 Å². The van der Waals surface area contributed by atoms with Crippen LogP contribution in [0.5, 0.6) is 0 Å². The lowest BCUT2D eigenvalue weighted by atomic mass is 9.47. The van der Waals surface area contributed by atoms with E-state index in [2.05, 4.69) is 54.5 Å². The predicted octanol–water partition coefficient (Wildman–Crippen LogP) is 4.21. The maximum atomic E-state index is 11.7. The molecule has 5 nitrogen and oxygen atoms in total. The summed E-state index contributed by atoms with van der Waals surface area (Å²) >= 11 is 0. The Morgan fingerprint density at radius 3 is 2.64 bits per heavy atom. The second-order valence-corrected chi connectivity index (χ2v) is 11.8. The molecule has 6 rings (SSSR count). The number of carbonyl (C=O) groups excluding carboxylic acids is 1. The first-order valence-corrected chi connectivity index (χ1v) is 13.1. The number of piperazine rings is 1. The predicted molar refractivity (Wildman–Crippen MR) is 130 cm³/mol. The third-order valence-corrected chi connectivity index (χ3v) is 10.1. The van der Waals surface area contributed by atoms with E-state index in [9.17, 15) is 4.79 Å². The average molecular weight is 450 g/mol. The number of rotatable bonds is 3. The number of hydrazine groups is 1. The Kier molecular flexibility index (Phi) is 5.15. The fourth-order valence-electron chi connectivity index (χ4n) is 8.06. The number of hydrogen-bond acceptors (Lipinski definition) is 5. The van der Waals surface area contributed by atoms with Gasteiger partial charge in [0, 0.05) is 48.9 Å². The van der Waals surface area contributed by atoms with Crippen molar-refractivity contribution in [3.8, 4) is 0 Å². The molecule has 1 saturated heterocycles. The molecule has 33 heavy (non-hydrogen) atoms. The summed E-state index contributed by atoms with van der Waals surface area (Å²) in [5.74, 6) is 1.95. The van der Waals surface area contributed by atoms with Crippen LogP contribution in [0.25, 0.3) is 0 Å². The number of ether oxygens (including phenoxy) is 1. The highest BCUT2D eigenvalue weighted by Gasteiger charge is 2.56. The van der Waals surface area contributed by atoms with E-state index in [4.69, 9.17) is 4.74 Å². The second kappa shape index (κ2) is 7.84. The highest BCUT2D eigenvalue weighted by Crippen LogP contribution is 2.65. The van der Waals surface area contributed by atoms with Crippen LogP contribution in [-0.2, 0) is 9.53 Å². The Morgan fingerprint density at radius 1 is 1.06 bits per heavy atom. The minimum Gasteiger partial charge on any atom is -0.458 e. The minimum atomic E-state index is -0.181. The normalized spacial score (nSPS) is 41.2. The fraction of sp³-hybridized carbons (Fsp3) is 0.679. The molecule has 0 aromatic heterocycles. The van der Waals surface area contributed by atoms with E-state index >= 15 is 0 Å². The first-order valence-electron chi connectivity index (χ1n) is 13.1. The lowest BCUT2D eigenvalue weighted by molar-refractivity contribution is -0.134. The number of fused-ring (bicyclic) bond motifs is 5. The Balaban J connectivity index is 1.18. The summed E-state index contributed by atoms with van der Waals surface area (Å²) in [5, 5.41) is 2.43. The molecule has 0 aromatic rings. The van der Waals surface area contributed by atoms with Crippen molar-refractivity contribution in [2.45, 2.75) is 52.4 Å². The van der Waals surface area contributed by atoms with Crippen molar-refractivity contribution in [2.24, 2.45) is 28.6 Å². The molecular formula is C28H39N3O2. The average Bonchev–Trinajstić information content (AvgIpc) is 3.38. The van der Waals surface area contributed by atoms with Gasteiger partial charge in [-0.2, -0.15) is 0 Å². The summed E-state index contributed by atoms with van der Waals surface area (Å²) in [5.41, 5.74) is 9.82. The number of esters is 1. The van der Waals surface area contributed by atoms with E-state index in [1.54, 1.807) is 11.6 Å². The third kappa shape index (κ3) is 3.46. The van der Waals surface area contributed by atoms with Crippen molar-refractivity contribution in [2.75, 3.05) is 39.8 Å². The standard InChI is InChI=1S/C28H39N3O2/c1-27-10-8-21(29-31-14-12-30(3)13-15-31)17-20(27)4-5-22-24-7-6-23(19-16-26(32)33-18-19)28(24,2)11-9-25(22)27/h6-7,16-17,20,22,25,29H,4-5,8-15,18H2,1-3H3/t20-,22-,25+,27+,28+/m0/s1. The molecule has 0 spiro atoms. The number of hydrogen-bond donors (Lipinski definition) is 1. The lowest BCUT2D eigenvalue weighted by Crippen LogP contribution is -2.52. The van der Waals surface area contributed by atoms with Gasteiger partial charge in [0.25, 0.3) is 0 Å². The molecule has 0 aromatic carbocycles. The van der Waals surface area contributed by atoms with Gasteiger partial charge in [0.2, 0.25) is 0 Å².